The first-order chi connectivity index (χ1) is 9.13. The van der Waals surface area contributed by atoms with Gasteiger partial charge in [0.25, 0.3) is 5.91 Å². The summed E-state index contributed by atoms with van der Waals surface area (Å²) in [6.07, 6.45) is 4.84. The molecule has 19 heavy (non-hydrogen) atoms. The first-order valence-corrected chi connectivity index (χ1v) is 7.13. The first-order valence-electron chi connectivity index (χ1n) is 6.31. The fourth-order valence-corrected chi connectivity index (χ4v) is 2.93. The number of aryl methyl sites for hydroxylation is 1. The average molecular weight is 274 g/mol. The van der Waals surface area contributed by atoms with Gasteiger partial charge in [0.15, 0.2) is 0 Å². The van der Waals surface area contributed by atoms with Crippen LogP contribution in [0.3, 0.4) is 0 Å². The predicted octanol–water partition coefficient (Wildman–Crippen LogP) is 3.49. The maximum absolute atomic E-state index is 12.1. The van der Waals surface area contributed by atoms with Crippen molar-refractivity contribution in [2.75, 3.05) is 12.3 Å². The predicted molar refractivity (Wildman–Crippen MR) is 82.7 cm³/mol. The lowest BCUT2D eigenvalue weighted by molar-refractivity contribution is 0.0959. The van der Waals surface area contributed by atoms with Crippen LogP contribution in [0.1, 0.15) is 28.6 Å². The number of allylic oxidation sites excluding steroid dienone is 1. The molecule has 0 saturated carbocycles. The molecule has 2 rings (SSSR count). The summed E-state index contributed by atoms with van der Waals surface area (Å²) in [7, 11) is 0. The maximum Gasteiger partial charge on any atom is 0.263 e. The highest BCUT2D eigenvalue weighted by Crippen LogP contribution is 2.34. The molecular weight excluding hydrogens is 256 g/mol. The molecule has 0 fully saturated rings. The van der Waals surface area contributed by atoms with Crippen LogP contribution in [0.15, 0.2) is 30.4 Å². The van der Waals surface area contributed by atoms with Crippen LogP contribution in [-0.2, 0) is 0 Å². The first kappa shape index (κ1) is 13.6. The van der Waals surface area contributed by atoms with Gasteiger partial charge in [-0.2, -0.15) is 0 Å². The third kappa shape index (κ3) is 2.96. The van der Waals surface area contributed by atoms with Crippen molar-refractivity contribution >= 4 is 33.0 Å². The molecule has 1 amide bonds. The summed E-state index contributed by atoms with van der Waals surface area (Å²) in [6, 6.07) is 6.08. The van der Waals surface area contributed by atoms with Gasteiger partial charge in [0, 0.05) is 16.6 Å². The highest BCUT2D eigenvalue weighted by molar-refractivity contribution is 7.21. The van der Waals surface area contributed by atoms with E-state index in [1.165, 1.54) is 11.3 Å². The number of amides is 1. The molecule has 100 valence electrons. The fraction of sp³-hybridized carbons (Fsp3) is 0.267. The van der Waals surface area contributed by atoms with Crippen molar-refractivity contribution in [2.45, 2.75) is 20.3 Å². The molecule has 1 heterocycles. The average Bonchev–Trinajstić information content (AvgIpc) is 2.72. The van der Waals surface area contributed by atoms with Crippen LogP contribution in [0.2, 0.25) is 0 Å². The maximum atomic E-state index is 12.1. The topological polar surface area (TPSA) is 55.1 Å². The minimum Gasteiger partial charge on any atom is -0.397 e. The van der Waals surface area contributed by atoms with Gasteiger partial charge >= 0.3 is 0 Å². The second-order valence-corrected chi connectivity index (χ2v) is 5.51. The molecule has 4 heteroatoms. The Morgan fingerprint density at radius 3 is 3.00 bits per heavy atom. The number of carbonyl (C=O) groups excluding carboxylic acids is 1. The third-order valence-corrected chi connectivity index (χ3v) is 4.11. The summed E-state index contributed by atoms with van der Waals surface area (Å²) in [5.74, 6) is -0.0825. The molecule has 0 saturated heterocycles. The summed E-state index contributed by atoms with van der Waals surface area (Å²) < 4.78 is 1.06. The smallest absolute Gasteiger partial charge is 0.263 e. The summed E-state index contributed by atoms with van der Waals surface area (Å²) in [6.45, 7) is 4.62. The molecule has 0 radical (unpaired) electrons. The molecule has 0 aliphatic heterocycles. The number of anilines is 1. The SMILES string of the molecule is C/C=C/CCNC(=O)c1sc2ccc(C)cc2c1N. The molecule has 0 spiro atoms. The van der Waals surface area contributed by atoms with E-state index < -0.39 is 0 Å². The number of nitrogens with one attached hydrogen (secondary N) is 1. The minimum absolute atomic E-state index is 0.0825. The summed E-state index contributed by atoms with van der Waals surface area (Å²) in [5, 5.41) is 3.87. The van der Waals surface area contributed by atoms with E-state index in [2.05, 4.69) is 5.32 Å². The highest BCUT2D eigenvalue weighted by atomic mass is 32.1. The van der Waals surface area contributed by atoms with E-state index in [-0.39, 0.29) is 5.91 Å². The Labute approximate surface area is 117 Å². The number of rotatable bonds is 4. The Morgan fingerprint density at radius 2 is 2.26 bits per heavy atom. The summed E-state index contributed by atoms with van der Waals surface area (Å²) >= 11 is 1.45. The quantitative estimate of drug-likeness (QED) is 0.662. The third-order valence-electron chi connectivity index (χ3n) is 2.92. The van der Waals surface area contributed by atoms with E-state index in [9.17, 15) is 4.79 Å². The zero-order valence-corrected chi connectivity index (χ0v) is 12.0. The largest absolute Gasteiger partial charge is 0.397 e. The summed E-state index contributed by atoms with van der Waals surface area (Å²) in [5.41, 5.74) is 7.81. The molecule has 0 bridgehead atoms. The van der Waals surface area contributed by atoms with Crippen LogP contribution in [0.4, 0.5) is 5.69 Å². The standard InChI is InChI=1S/C15H18N2OS/c1-3-4-5-8-17-15(18)14-13(16)11-9-10(2)6-7-12(11)19-14/h3-4,6-7,9H,5,8,16H2,1-2H3,(H,17,18)/b4-3+. The number of fused-ring (bicyclic) bond motifs is 1. The Bertz CT molecular complexity index is 628. The molecule has 0 unspecified atom stereocenters. The van der Waals surface area contributed by atoms with Gasteiger partial charge in [-0.25, -0.2) is 0 Å². The van der Waals surface area contributed by atoms with Crippen molar-refractivity contribution < 1.29 is 4.79 Å². The molecule has 3 nitrogen and oxygen atoms in total. The Kier molecular flexibility index (Phi) is 4.22. The van der Waals surface area contributed by atoms with E-state index in [0.717, 1.165) is 22.1 Å². The van der Waals surface area contributed by atoms with Crippen LogP contribution in [0.25, 0.3) is 10.1 Å². The van der Waals surface area contributed by atoms with Gasteiger partial charge in [-0.1, -0.05) is 23.8 Å². The van der Waals surface area contributed by atoms with Crippen molar-refractivity contribution in [2.24, 2.45) is 0 Å². The molecule has 3 N–H and O–H groups in total. The van der Waals surface area contributed by atoms with Gasteiger partial charge < -0.3 is 11.1 Å². The lowest BCUT2D eigenvalue weighted by atomic mass is 10.1. The molecule has 0 aliphatic carbocycles. The van der Waals surface area contributed by atoms with Crippen LogP contribution < -0.4 is 11.1 Å². The number of thiophene rings is 1. The monoisotopic (exact) mass is 274 g/mol. The van der Waals surface area contributed by atoms with Crippen molar-refractivity contribution in [3.8, 4) is 0 Å². The van der Waals surface area contributed by atoms with Gasteiger partial charge in [0.1, 0.15) is 4.88 Å². The second kappa shape index (κ2) is 5.89. The van der Waals surface area contributed by atoms with E-state index in [4.69, 9.17) is 5.73 Å². The Hall–Kier alpha value is -1.81. The molecule has 0 aliphatic rings. The van der Waals surface area contributed by atoms with Crippen LogP contribution >= 0.6 is 11.3 Å². The normalized spacial score (nSPS) is 11.3. The lowest BCUT2D eigenvalue weighted by Gasteiger charge is -2.02. The van der Waals surface area contributed by atoms with Gasteiger partial charge in [-0.3, -0.25) is 4.79 Å². The van der Waals surface area contributed by atoms with Crippen molar-refractivity contribution in [3.05, 3.63) is 40.8 Å². The van der Waals surface area contributed by atoms with Crippen molar-refractivity contribution in [1.82, 2.24) is 5.32 Å². The van der Waals surface area contributed by atoms with E-state index >= 15 is 0 Å². The number of carbonyl (C=O) groups is 1. The molecule has 0 atom stereocenters. The number of benzene rings is 1. The number of hydrogen-bond acceptors (Lipinski definition) is 3. The van der Waals surface area contributed by atoms with E-state index in [1.807, 2.05) is 44.2 Å². The molecule has 1 aromatic carbocycles. The Balaban J connectivity index is 2.20. The van der Waals surface area contributed by atoms with Gasteiger partial charge in [-0.05, 0) is 32.4 Å². The van der Waals surface area contributed by atoms with Crippen LogP contribution in [0, 0.1) is 6.92 Å². The van der Waals surface area contributed by atoms with Gasteiger partial charge in [0.05, 0.1) is 5.69 Å². The zero-order valence-electron chi connectivity index (χ0n) is 11.2. The summed E-state index contributed by atoms with van der Waals surface area (Å²) in [4.78, 5) is 12.7. The number of nitrogens with two attached hydrogens (primary N) is 1. The lowest BCUT2D eigenvalue weighted by Crippen LogP contribution is -2.23. The zero-order chi connectivity index (χ0) is 13.8. The number of nitrogen functional groups attached to an aromatic ring is 1. The van der Waals surface area contributed by atoms with Crippen molar-refractivity contribution in [1.29, 1.82) is 0 Å². The second-order valence-electron chi connectivity index (χ2n) is 4.46. The van der Waals surface area contributed by atoms with Crippen LogP contribution in [-0.4, -0.2) is 12.5 Å². The van der Waals surface area contributed by atoms with E-state index in [1.54, 1.807) is 0 Å². The molecule has 2 aromatic rings. The van der Waals surface area contributed by atoms with Crippen molar-refractivity contribution in [3.63, 3.8) is 0 Å². The highest BCUT2D eigenvalue weighted by Gasteiger charge is 2.15. The Morgan fingerprint density at radius 1 is 1.47 bits per heavy atom. The fourth-order valence-electron chi connectivity index (χ4n) is 1.92. The molecule has 1 aromatic heterocycles. The van der Waals surface area contributed by atoms with Crippen LogP contribution in [0.5, 0.6) is 0 Å². The van der Waals surface area contributed by atoms with E-state index in [0.29, 0.717) is 17.1 Å². The molecular formula is C15H18N2OS. The van der Waals surface area contributed by atoms with Gasteiger partial charge in [0.2, 0.25) is 0 Å². The van der Waals surface area contributed by atoms with Gasteiger partial charge in [-0.15, -0.1) is 11.3 Å². The minimum atomic E-state index is -0.0825. The number of hydrogen-bond donors (Lipinski definition) is 2.